The number of benzene rings is 2. The van der Waals surface area contributed by atoms with E-state index in [1.165, 1.54) is 23.0 Å². The van der Waals surface area contributed by atoms with Gasteiger partial charge < -0.3 is 20.5 Å². The molecule has 13 nitrogen and oxygen atoms in total. The van der Waals surface area contributed by atoms with E-state index in [-0.39, 0.29) is 30.0 Å². The van der Waals surface area contributed by atoms with Crippen molar-refractivity contribution in [1.29, 1.82) is 0 Å². The molecule has 0 unspecified atom stereocenters. The molecule has 2 aromatic carbocycles. The Labute approximate surface area is 245 Å². The van der Waals surface area contributed by atoms with Gasteiger partial charge in [-0.05, 0) is 54.8 Å². The van der Waals surface area contributed by atoms with Crippen LogP contribution in [-0.2, 0) is 10.0 Å². The molecule has 0 saturated heterocycles. The lowest BCUT2D eigenvalue weighted by Gasteiger charge is -2.22. The van der Waals surface area contributed by atoms with Gasteiger partial charge in [-0.25, -0.2) is 22.9 Å². The van der Waals surface area contributed by atoms with Gasteiger partial charge in [-0.3, -0.25) is 14.1 Å². The number of nitrogens with zero attached hydrogens (tertiary/aromatic N) is 5. The fraction of sp³-hybridized carbons (Fsp3) is 0.172. The number of aryl methyl sites for hydroxylation is 1. The van der Waals surface area contributed by atoms with Gasteiger partial charge in [0, 0.05) is 30.6 Å². The molecule has 220 valence electrons. The smallest absolute Gasteiger partial charge is 0.282 e. The van der Waals surface area contributed by atoms with Crippen LogP contribution in [0.4, 0.5) is 11.5 Å². The van der Waals surface area contributed by atoms with E-state index in [9.17, 15) is 23.4 Å². The fourth-order valence-corrected chi connectivity index (χ4v) is 5.73. The molecule has 1 atom stereocenters. The summed E-state index contributed by atoms with van der Waals surface area (Å²) in [6.45, 7) is 1.63. The van der Waals surface area contributed by atoms with Crippen LogP contribution in [0.2, 0.25) is 0 Å². The summed E-state index contributed by atoms with van der Waals surface area (Å²) in [5.41, 5.74) is 3.31. The average Bonchev–Trinajstić information content (AvgIpc) is 3.56. The zero-order valence-corrected chi connectivity index (χ0v) is 24.0. The Bertz CT molecular complexity index is 2140. The number of anilines is 2. The fourth-order valence-electron chi connectivity index (χ4n) is 5.18. The van der Waals surface area contributed by atoms with Crippen molar-refractivity contribution in [3.05, 3.63) is 95.1 Å². The van der Waals surface area contributed by atoms with Crippen molar-refractivity contribution in [2.45, 2.75) is 19.4 Å². The van der Waals surface area contributed by atoms with Crippen LogP contribution in [-0.4, -0.2) is 60.6 Å². The molecule has 0 aliphatic carbocycles. The molecule has 14 heteroatoms. The summed E-state index contributed by atoms with van der Waals surface area (Å²) in [5, 5.41) is 29.2. The maximum absolute atomic E-state index is 13.9. The van der Waals surface area contributed by atoms with Crippen molar-refractivity contribution in [2.75, 3.05) is 22.9 Å². The number of aliphatic hydroxyl groups is 1. The summed E-state index contributed by atoms with van der Waals surface area (Å²) in [5.74, 6) is 0.585. The number of aliphatic hydroxyl groups excluding tert-OH is 1. The van der Waals surface area contributed by atoms with E-state index in [0.29, 0.717) is 45.0 Å². The molecular weight excluding hydrogens is 572 g/mol. The van der Waals surface area contributed by atoms with Gasteiger partial charge in [0.15, 0.2) is 5.82 Å². The van der Waals surface area contributed by atoms with Crippen LogP contribution in [0.3, 0.4) is 0 Å². The summed E-state index contributed by atoms with van der Waals surface area (Å²) < 4.78 is 29.2. The van der Waals surface area contributed by atoms with Gasteiger partial charge in [0.2, 0.25) is 10.0 Å². The lowest BCUT2D eigenvalue weighted by atomic mass is 10.0. The summed E-state index contributed by atoms with van der Waals surface area (Å²) >= 11 is 0. The summed E-state index contributed by atoms with van der Waals surface area (Å²) in [7, 11) is -3.59. The summed E-state index contributed by atoms with van der Waals surface area (Å²) in [6, 6.07) is 14.7. The zero-order chi connectivity index (χ0) is 30.3. The van der Waals surface area contributed by atoms with Crippen molar-refractivity contribution in [2.24, 2.45) is 0 Å². The SMILES string of the molecule is Cc1ccn2nc([C@H](CCO)Nc3ncnc4[nH]cc(-c5cc(O)cc(NS(C)(=O)=O)c5)c34)n(-c3ccccc3)c(=O)c12. The molecule has 0 spiro atoms. The van der Waals surface area contributed by atoms with E-state index < -0.39 is 16.1 Å². The van der Waals surface area contributed by atoms with E-state index in [4.69, 9.17) is 5.10 Å². The van der Waals surface area contributed by atoms with Crippen LogP contribution in [0.5, 0.6) is 5.75 Å². The Morgan fingerprint density at radius 3 is 2.63 bits per heavy atom. The second-order valence-corrected chi connectivity index (χ2v) is 11.9. The number of phenols is 1. The molecule has 6 rings (SSSR count). The minimum Gasteiger partial charge on any atom is -0.508 e. The lowest BCUT2D eigenvalue weighted by molar-refractivity contribution is 0.277. The molecule has 0 aliphatic rings. The Kier molecular flexibility index (Phi) is 7.07. The molecular formula is C29H28N8O5S. The number of phenolic OH excluding ortho intramolecular Hbond substituents is 1. The highest BCUT2D eigenvalue weighted by molar-refractivity contribution is 7.92. The molecule has 0 fully saturated rings. The first-order valence-electron chi connectivity index (χ1n) is 13.3. The molecule has 0 saturated carbocycles. The number of fused-ring (bicyclic) bond motifs is 2. The number of aromatic hydroxyl groups is 1. The second kappa shape index (κ2) is 10.9. The molecule has 4 heterocycles. The maximum Gasteiger partial charge on any atom is 0.282 e. The third-order valence-corrected chi connectivity index (χ3v) is 7.58. The number of hydrogen-bond acceptors (Lipinski definition) is 9. The first kappa shape index (κ1) is 27.9. The van der Waals surface area contributed by atoms with Crippen LogP contribution in [0.15, 0.2) is 78.1 Å². The van der Waals surface area contributed by atoms with Gasteiger partial charge in [0.1, 0.15) is 29.1 Å². The van der Waals surface area contributed by atoms with E-state index in [2.05, 4.69) is 25.0 Å². The van der Waals surface area contributed by atoms with Gasteiger partial charge in [-0.2, -0.15) is 5.10 Å². The number of sulfonamides is 1. The van der Waals surface area contributed by atoms with Gasteiger partial charge >= 0.3 is 0 Å². The van der Waals surface area contributed by atoms with Gasteiger partial charge in [0.05, 0.1) is 29.1 Å². The van der Waals surface area contributed by atoms with Crippen molar-refractivity contribution >= 4 is 38.1 Å². The van der Waals surface area contributed by atoms with Gasteiger partial charge in [0.25, 0.3) is 5.56 Å². The van der Waals surface area contributed by atoms with E-state index in [1.54, 1.807) is 23.0 Å². The highest BCUT2D eigenvalue weighted by Crippen LogP contribution is 2.37. The van der Waals surface area contributed by atoms with Crippen molar-refractivity contribution < 1.29 is 18.6 Å². The molecule has 43 heavy (non-hydrogen) atoms. The predicted octanol–water partition coefficient (Wildman–Crippen LogP) is 3.34. The topological polar surface area (TPSA) is 180 Å². The Morgan fingerprint density at radius 2 is 1.88 bits per heavy atom. The lowest BCUT2D eigenvalue weighted by Crippen LogP contribution is -2.31. The van der Waals surface area contributed by atoms with E-state index in [0.717, 1.165) is 11.8 Å². The third-order valence-electron chi connectivity index (χ3n) is 6.97. The number of aromatic amines is 1. The third kappa shape index (κ3) is 5.40. The number of para-hydroxylation sites is 1. The number of hydrogen-bond donors (Lipinski definition) is 5. The molecule has 6 aromatic rings. The predicted molar refractivity (Wildman–Crippen MR) is 163 cm³/mol. The highest BCUT2D eigenvalue weighted by Gasteiger charge is 2.25. The molecule has 5 N–H and O–H groups in total. The van der Waals surface area contributed by atoms with Gasteiger partial charge in [-0.15, -0.1) is 0 Å². The normalized spacial score (nSPS) is 12.5. The minimum atomic E-state index is -3.59. The molecule has 0 bridgehead atoms. The Balaban J connectivity index is 1.51. The summed E-state index contributed by atoms with van der Waals surface area (Å²) in [6.07, 6.45) is 5.98. The molecule has 0 aliphatic heterocycles. The van der Waals surface area contributed by atoms with E-state index >= 15 is 0 Å². The maximum atomic E-state index is 13.9. The highest BCUT2D eigenvalue weighted by atomic mass is 32.2. The van der Waals surface area contributed by atoms with Gasteiger partial charge in [-0.1, -0.05) is 18.2 Å². The molecule has 0 amide bonds. The number of aromatic nitrogens is 6. The van der Waals surface area contributed by atoms with Crippen molar-refractivity contribution in [3.8, 4) is 22.6 Å². The largest absolute Gasteiger partial charge is 0.508 e. The van der Waals surface area contributed by atoms with Crippen LogP contribution >= 0.6 is 0 Å². The second-order valence-electron chi connectivity index (χ2n) is 10.1. The van der Waals surface area contributed by atoms with Crippen LogP contribution in [0.25, 0.3) is 33.4 Å². The minimum absolute atomic E-state index is 0.145. The molecule has 0 radical (unpaired) electrons. The number of nitrogens with one attached hydrogen (secondary N) is 3. The average molecular weight is 601 g/mol. The quantitative estimate of drug-likeness (QED) is 0.166. The Morgan fingerprint density at radius 1 is 1.09 bits per heavy atom. The number of H-pyrrole nitrogens is 1. The number of rotatable bonds is 9. The van der Waals surface area contributed by atoms with Crippen LogP contribution < -0.4 is 15.6 Å². The standard InChI is InChI=1S/C29H28N8O5S/c1-17-8-10-36-25(17)29(40)37(20-6-4-3-5-7-20)28(34-36)23(9-11-38)33-27-24-22(15-30-26(24)31-16-32-27)18-12-19(14-21(39)13-18)35-43(2,41)42/h3-8,10,12-16,23,35,38-39H,9,11H2,1-2H3,(H2,30,31,32,33)/t23-/m0/s1. The van der Waals surface area contributed by atoms with Crippen LogP contribution in [0.1, 0.15) is 23.9 Å². The van der Waals surface area contributed by atoms with E-state index in [1.807, 2.05) is 43.3 Å². The molecule has 4 aromatic heterocycles. The first-order valence-corrected chi connectivity index (χ1v) is 15.2. The monoisotopic (exact) mass is 600 g/mol. The zero-order valence-electron chi connectivity index (χ0n) is 23.2. The van der Waals surface area contributed by atoms with Crippen molar-refractivity contribution in [1.82, 2.24) is 29.1 Å². The van der Waals surface area contributed by atoms with Crippen LogP contribution in [0, 0.1) is 6.92 Å². The first-order chi connectivity index (χ1) is 20.6. The van der Waals surface area contributed by atoms with Crippen molar-refractivity contribution in [3.63, 3.8) is 0 Å². The summed E-state index contributed by atoms with van der Waals surface area (Å²) in [4.78, 5) is 25.8. The Hall–Kier alpha value is -5.21.